The monoisotopic (exact) mass is 305 g/mol. The largest absolute Gasteiger partial charge is 0.494 e. The molecule has 1 aromatic rings. The smallest absolute Gasteiger partial charge is 0.325 e. The van der Waals surface area contributed by atoms with Gasteiger partial charge >= 0.3 is 6.03 Å². The van der Waals surface area contributed by atoms with Gasteiger partial charge in [0.25, 0.3) is 5.91 Å². The van der Waals surface area contributed by atoms with E-state index in [0.29, 0.717) is 19.7 Å². The van der Waals surface area contributed by atoms with Crippen LogP contribution in [0.5, 0.6) is 5.75 Å². The molecule has 6 nitrogen and oxygen atoms in total. The Hall–Kier alpha value is -2.08. The van der Waals surface area contributed by atoms with Gasteiger partial charge in [-0.05, 0) is 45.6 Å². The number of hydrogen-bond acceptors (Lipinski definition) is 4. The Morgan fingerprint density at radius 2 is 1.86 bits per heavy atom. The number of carbonyl (C=O) groups excluding carboxylic acids is 2. The maximum absolute atomic E-state index is 12.7. The van der Waals surface area contributed by atoms with Crippen LogP contribution in [0.4, 0.5) is 4.79 Å². The van der Waals surface area contributed by atoms with E-state index in [0.717, 1.165) is 11.3 Å². The summed E-state index contributed by atoms with van der Waals surface area (Å²) in [4.78, 5) is 28.0. The fourth-order valence-corrected chi connectivity index (χ4v) is 2.45. The van der Waals surface area contributed by atoms with Gasteiger partial charge in [-0.25, -0.2) is 4.79 Å². The topological polar surface area (TPSA) is 61.9 Å². The second-order valence-electron chi connectivity index (χ2n) is 5.77. The molecule has 0 aromatic heterocycles. The first-order valence-corrected chi connectivity index (χ1v) is 7.40. The van der Waals surface area contributed by atoms with E-state index in [9.17, 15) is 9.59 Å². The number of rotatable bonds is 6. The van der Waals surface area contributed by atoms with E-state index in [1.165, 1.54) is 4.90 Å². The Balaban J connectivity index is 2.19. The number of likely N-dealkylation sites (N-methyl/N-ethyl adjacent to an activating group) is 1. The first-order chi connectivity index (χ1) is 10.4. The van der Waals surface area contributed by atoms with E-state index in [2.05, 4.69) is 5.32 Å². The molecule has 0 spiro atoms. The molecule has 1 aliphatic rings. The van der Waals surface area contributed by atoms with Crippen LogP contribution in [0.3, 0.4) is 0 Å². The van der Waals surface area contributed by atoms with Crippen molar-refractivity contribution in [1.29, 1.82) is 0 Å². The van der Waals surface area contributed by atoms with Crippen molar-refractivity contribution in [2.45, 2.75) is 19.4 Å². The zero-order valence-corrected chi connectivity index (χ0v) is 13.5. The molecule has 1 fully saturated rings. The van der Waals surface area contributed by atoms with Gasteiger partial charge in [0.2, 0.25) is 0 Å². The van der Waals surface area contributed by atoms with Crippen LogP contribution < -0.4 is 10.1 Å². The molecule has 1 N–H and O–H groups in total. The summed E-state index contributed by atoms with van der Waals surface area (Å²) >= 11 is 0. The van der Waals surface area contributed by atoms with Crippen molar-refractivity contribution in [3.63, 3.8) is 0 Å². The van der Waals surface area contributed by atoms with Gasteiger partial charge in [0.05, 0.1) is 6.61 Å². The molecule has 1 saturated heterocycles. The molecular weight excluding hydrogens is 282 g/mol. The Bertz CT molecular complexity index is 556. The van der Waals surface area contributed by atoms with Gasteiger partial charge in [-0.15, -0.1) is 0 Å². The van der Waals surface area contributed by atoms with Crippen LogP contribution in [0.1, 0.15) is 19.4 Å². The number of urea groups is 1. The molecule has 1 heterocycles. The molecule has 1 aliphatic heterocycles. The zero-order chi connectivity index (χ0) is 16.3. The van der Waals surface area contributed by atoms with E-state index >= 15 is 0 Å². The van der Waals surface area contributed by atoms with E-state index in [1.54, 1.807) is 6.92 Å². The van der Waals surface area contributed by atoms with Gasteiger partial charge in [0.1, 0.15) is 11.3 Å². The van der Waals surface area contributed by atoms with Crippen LogP contribution in [0.15, 0.2) is 24.3 Å². The molecule has 3 amide bonds. The normalized spacial score (nSPS) is 21.4. The summed E-state index contributed by atoms with van der Waals surface area (Å²) in [6, 6.07) is 6.91. The third-order valence-corrected chi connectivity index (χ3v) is 3.79. The molecular formula is C16H23N3O3. The molecule has 6 heteroatoms. The van der Waals surface area contributed by atoms with Crippen LogP contribution in [0, 0.1) is 0 Å². The highest BCUT2D eigenvalue weighted by molar-refractivity contribution is 6.07. The first-order valence-electron chi connectivity index (χ1n) is 7.40. The minimum atomic E-state index is -1.02. The lowest BCUT2D eigenvalue weighted by atomic mass is 9.92. The summed E-state index contributed by atoms with van der Waals surface area (Å²) in [5, 5.41) is 2.80. The van der Waals surface area contributed by atoms with Gasteiger partial charge in [-0.2, -0.15) is 0 Å². The highest BCUT2D eigenvalue weighted by atomic mass is 16.5. The third kappa shape index (κ3) is 3.06. The summed E-state index contributed by atoms with van der Waals surface area (Å²) in [7, 11) is 3.81. The van der Waals surface area contributed by atoms with E-state index in [1.807, 2.05) is 50.2 Å². The predicted octanol–water partition coefficient (Wildman–Crippen LogP) is 1.41. The molecule has 1 atom stereocenters. The number of ether oxygens (including phenoxy) is 1. The molecule has 22 heavy (non-hydrogen) atoms. The van der Waals surface area contributed by atoms with Gasteiger partial charge in [-0.3, -0.25) is 9.69 Å². The molecule has 0 aliphatic carbocycles. The highest BCUT2D eigenvalue weighted by Gasteiger charge is 2.48. The minimum absolute atomic E-state index is 0.219. The quantitative estimate of drug-likeness (QED) is 0.807. The SMILES string of the molecule is CCOc1ccc([C@]2(C)NC(=O)N(CCN(C)C)C2=O)cc1. The lowest BCUT2D eigenvalue weighted by Crippen LogP contribution is -2.41. The molecule has 0 bridgehead atoms. The van der Waals surface area contributed by atoms with E-state index < -0.39 is 5.54 Å². The van der Waals surface area contributed by atoms with Gasteiger partial charge < -0.3 is 15.0 Å². The van der Waals surface area contributed by atoms with E-state index in [4.69, 9.17) is 4.74 Å². The summed E-state index contributed by atoms with van der Waals surface area (Å²) in [5.74, 6) is 0.527. The van der Waals surface area contributed by atoms with E-state index in [-0.39, 0.29) is 11.9 Å². The zero-order valence-electron chi connectivity index (χ0n) is 13.5. The van der Waals surface area contributed by atoms with Crippen LogP contribution in [-0.2, 0) is 10.3 Å². The summed E-state index contributed by atoms with van der Waals surface area (Å²) in [6.45, 7) is 5.25. The van der Waals surface area contributed by atoms with Crippen LogP contribution >= 0.6 is 0 Å². The van der Waals surface area contributed by atoms with Gasteiger partial charge in [-0.1, -0.05) is 12.1 Å². The van der Waals surface area contributed by atoms with Crippen molar-refractivity contribution >= 4 is 11.9 Å². The number of hydrogen-bond donors (Lipinski definition) is 1. The summed E-state index contributed by atoms with van der Waals surface area (Å²) in [6.07, 6.45) is 0. The number of nitrogens with one attached hydrogen (secondary N) is 1. The average Bonchev–Trinajstić information content (AvgIpc) is 2.69. The van der Waals surface area contributed by atoms with Crippen molar-refractivity contribution in [2.24, 2.45) is 0 Å². The first kappa shape index (κ1) is 16.3. The van der Waals surface area contributed by atoms with Crippen LogP contribution in [0.25, 0.3) is 0 Å². The Labute approximate surface area is 131 Å². The number of nitrogens with zero attached hydrogens (tertiary/aromatic N) is 2. The summed E-state index contributed by atoms with van der Waals surface area (Å²) in [5.41, 5.74) is -0.268. The number of benzene rings is 1. The summed E-state index contributed by atoms with van der Waals surface area (Å²) < 4.78 is 5.40. The van der Waals surface area contributed by atoms with Crippen molar-refractivity contribution in [2.75, 3.05) is 33.8 Å². The Morgan fingerprint density at radius 1 is 1.23 bits per heavy atom. The van der Waals surface area contributed by atoms with Crippen molar-refractivity contribution in [3.8, 4) is 5.75 Å². The van der Waals surface area contributed by atoms with Crippen molar-refractivity contribution in [3.05, 3.63) is 29.8 Å². The molecule has 2 rings (SSSR count). The molecule has 0 radical (unpaired) electrons. The number of amides is 3. The second kappa shape index (κ2) is 6.36. The fourth-order valence-electron chi connectivity index (χ4n) is 2.45. The predicted molar refractivity (Wildman–Crippen MR) is 83.8 cm³/mol. The van der Waals surface area contributed by atoms with Crippen LogP contribution in [-0.4, -0.2) is 55.5 Å². The second-order valence-corrected chi connectivity index (χ2v) is 5.77. The molecule has 120 valence electrons. The molecule has 0 unspecified atom stereocenters. The molecule has 0 saturated carbocycles. The van der Waals surface area contributed by atoms with Crippen molar-refractivity contribution < 1.29 is 14.3 Å². The lowest BCUT2D eigenvalue weighted by Gasteiger charge is -2.23. The third-order valence-electron chi connectivity index (χ3n) is 3.79. The maximum Gasteiger partial charge on any atom is 0.325 e. The maximum atomic E-state index is 12.7. The van der Waals surface area contributed by atoms with Gasteiger partial charge in [0, 0.05) is 13.1 Å². The average molecular weight is 305 g/mol. The fraction of sp³-hybridized carbons (Fsp3) is 0.500. The standard InChI is InChI=1S/C16H23N3O3/c1-5-22-13-8-6-12(7-9-13)16(2)14(20)19(15(21)17-16)11-10-18(3)4/h6-9H,5,10-11H2,1-4H3,(H,17,21)/t16-/m0/s1. The highest BCUT2D eigenvalue weighted by Crippen LogP contribution is 2.29. The number of imide groups is 1. The van der Waals surface area contributed by atoms with Crippen molar-refractivity contribution in [1.82, 2.24) is 15.1 Å². The number of carbonyl (C=O) groups is 2. The molecule has 1 aromatic carbocycles. The Kier molecular flexibility index (Phi) is 4.71. The minimum Gasteiger partial charge on any atom is -0.494 e. The Morgan fingerprint density at radius 3 is 2.41 bits per heavy atom. The van der Waals surface area contributed by atoms with Crippen LogP contribution in [0.2, 0.25) is 0 Å². The lowest BCUT2D eigenvalue weighted by molar-refractivity contribution is -0.131. The van der Waals surface area contributed by atoms with Gasteiger partial charge in [0.15, 0.2) is 0 Å².